The highest BCUT2D eigenvalue weighted by Gasteiger charge is 2.55. The van der Waals surface area contributed by atoms with Crippen molar-refractivity contribution in [2.24, 2.45) is 5.92 Å². The Hall–Kier alpha value is -3.25. The highest BCUT2D eigenvalue weighted by molar-refractivity contribution is 5.83. The molecule has 2 aliphatic heterocycles. The van der Waals surface area contributed by atoms with Crippen LogP contribution in [-0.4, -0.2) is 83.3 Å². The molecule has 2 aromatic rings. The van der Waals surface area contributed by atoms with E-state index in [-0.39, 0.29) is 44.5 Å². The first-order chi connectivity index (χ1) is 19.4. The predicted octanol–water partition coefficient (Wildman–Crippen LogP) is 1.24. The number of fused-ring (bicyclic) bond motifs is 3. The number of ether oxygens (including phenoxy) is 3. The smallest absolute Gasteiger partial charge is 0.252 e. The third-order valence-electron chi connectivity index (χ3n) is 8.08. The fourth-order valence-electron chi connectivity index (χ4n) is 6.17. The van der Waals surface area contributed by atoms with Gasteiger partial charge in [0.05, 0.1) is 32.3 Å². The molecule has 1 saturated heterocycles. The second-order valence-electron chi connectivity index (χ2n) is 10.5. The molecule has 1 aliphatic carbocycles. The van der Waals surface area contributed by atoms with E-state index in [0.717, 1.165) is 6.42 Å². The maximum atomic E-state index is 13.8. The van der Waals surface area contributed by atoms with Crippen LogP contribution in [0.25, 0.3) is 0 Å². The summed E-state index contributed by atoms with van der Waals surface area (Å²) >= 11 is 0. The maximum Gasteiger partial charge on any atom is 0.252 e. The Morgan fingerprint density at radius 3 is 2.60 bits per heavy atom. The van der Waals surface area contributed by atoms with E-state index in [1.54, 1.807) is 24.3 Å². The van der Waals surface area contributed by atoms with Crippen molar-refractivity contribution in [2.75, 3.05) is 26.9 Å². The van der Waals surface area contributed by atoms with E-state index in [0.29, 0.717) is 41.2 Å². The molecule has 0 bridgehead atoms. The minimum absolute atomic E-state index is 0.0434. The van der Waals surface area contributed by atoms with Gasteiger partial charge in [-0.05, 0) is 54.7 Å². The van der Waals surface area contributed by atoms with Gasteiger partial charge in [-0.3, -0.25) is 9.59 Å². The molecule has 5 rings (SSSR count). The molecular formula is C29H35FN2O8. The second kappa shape index (κ2) is 12.1. The first-order valence-electron chi connectivity index (χ1n) is 13.6. The first kappa shape index (κ1) is 28.3. The summed E-state index contributed by atoms with van der Waals surface area (Å²) < 4.78 is 31.1. The Bertz CT molecular complexity index is 1220. The van der Waals surface area contributed by atoms with E-state index in [9.17, 15) is 29.3 Å². The molecule has 2 unspecified atom stereocenters. The summed E-state index contributed by atoms with van der Waals surface area (Å²) in [5.74, 6) is -1.65. The van der Waals surface area contributed by atoms with E-state index in [4.69, 9.17) is 14.2 Å². The van der Waals surface area contributed by atoms with Crippen LogP contribution in [0, 0.1) is 11.7 Å². The van der Waals surface area contributed by atoms with Crippen molar-refractivity contribution in [3.8, 4) is 11.5 Å². The fourth-order valence-corrected chi connectivity index (χ4v) is 6.17. The third kappa shape index (κ3) is 5.38. The Labute approximate surface area is 231 Å². The summed E-state index contributed by atoms with van der Waals surface area (Å²) in [4.78, 5) is 28.8. The molecule has 0 aromatic heterocycles. The molecular weight excluding hydrogens is 523 g/mol. The number of hydrogen-bond donors (Lipinski definition) is 4. The van der Waals surface area contributed by atoms with Gasteiger partial charge in [0.2, 0.25) is 5.91 Å². The van der Waals surface area contributed by atoms with Crippen molar-refractivity contribution >= 4 is 11.8 Å². The molecule has 6 atom stereocenters. The number of halogens is 1. The second-order valence-corrected chi connectivity index (χ2v) is 10.5. The standard InChI is InChI=1S/C29H35FN2O8/c1-38-23-12-17(15-34)11-19-24-20(28(36)31-8-9-33)13-21(25(35)27(24)40-26(19)23)32(29(37)22-3-2-10-39-22)14-16-4-6-18(30)7-5-16/h4-7,11-12,20-22,24-25,27,33-35H,2-3,8-10,13-15H2,1H3,(H,31,36)/t20?,21-,22?,24+,25+,27+/m1/s1. The van der Waals surface area contributed by atoms with Gasteiger partial charge < -0.3 is 39.7 Å². The maximum absolute atomic E-state index is 13.8. The van der Waals surface area contributed by atoms with Gasteiger partial charge in [-0.25, -0.2) is 4.39 Å². The van der Waals surface area contributed by atoms with Gasteiger partial charge in [-0.15, -0.1) is 0 Å². The average molecular weight is 559 g/mol. The number of hydrogen-bond acceptors (Lipinski definition) is 8. The Morgan fingerprint density at radius 1 is 1.18 bits per heavy atom. The summed E-state index contributed by atoms with van der Waals surface area (Å²) in [6.07, 6.45) is -1.39. The van der Waals surface area contributed by atoms with E-state index in [1.807, 2.05) is 0 Å². The van der Waals surface area contributed by atoms with Gasteiger partial charge in [0.25, 0.3) is 5.91 Å². The number of aliphatic hydroxyl groups is 3. The average Bonchev–Trinajstić information content (AvgIpc) is 3.64. The summed E-state index contributed by atoms with van der Waals surface area (Å²) in [7, 11) is 1.47. The zero-order chi connectivity index (χ0) is 28.4. The largest absolute Gasteiger partial charge is 0.493 e. The van der Waals surface area contributed by atoms with Gasteiger partial charge >= 0.3 is 0 Å². The lowest BCUT2D eigenvalue weighted by molar-refractivity contribution is -0.155. The van der Waals surface area contributed by atoms with Crippen molar-refractivity contribution < 1.29 is 43.5 Å². The van der Waals surface area contributed by atoms with Crippen LogP contribution in [0.3, 0.4) is 0 Å². The van der Waals surface area contributed by atoms with E-state index in [1.165, 1.54) is 24.1 Å². The molecule has 0 radical (unpaired) electrons. The molecule has 4 N–H and O–H groups in total. The number of nitrogens with zero attached hydrogens (tertiary/aromatic N) is 1. The minimum atomic E-state index is -1.19. The van der Waals surface area contributed by atoms with Crippen molar-refractivity contribution in [2.45, 2.75) is 62.7 Å². The summed E-state index contributed by atoms with van der Waals surface area (Å²) in [6.45, 7) is 0.0728. The fraction of sp³-hybridized carbons (Fsp3) is 0.517. The topological polar surface area (TPSA) is 138 Å². The number of amides is 2. The molecule has 2 amide bonds. The predicted molar refractivity (Wildman–Crippen MR) is 140 cm³/mol. The number of aliphatic hydroxyl groups excluding tert-OH is 3. The lowest BCUT2D eigenvalue weighted by Gasteiger charge is -2.45. The summed E-state index contributed by atoms with van der Waals surface area (Å²) in [5.41, 5.74) is 1.86. The van der Waals surface area contributed by atoms with Crippen molar-refractivity contribution in [3.63, 3.8) is 0 Å². The number of carbonyl (C=O) groups excluding carboxylic acids is 2. The van der Waals surface area contributed by atoms with Crippen LogP contribution in [0.1, 0.15) is 41.9 Å². The van der Waals surface area contributed by atoms with E-state index < -0.39 is 42.0 Å². The third-order valence-corrected chi connectivity index (χ3v) is 8.08. The van der Waals surface area contributed by atoms with E-state index in [2.05, 4.69) is 5.32 Å². The van der Waals surface area contributed by atoms with Crippen LogP contribution in [0.4, 0.5) is 4.39 Å². The summed E-state index contributed by atoms with van der Waals surface area (Å²) in [5, 5.41) is 33.7. The molecule has 11 heteroatoms. The highest BCUT2D eigenvalue weighted by atomic mass is 19.1. The van der Waals surface area contributed by atoms with Crippen LogP contribution in [0.5, 0.6) is 11.5 Å². The van der Waals surface area contributed by atoms with E-state index >= 15 is 0 Å². The normalized spacial score (nSPS) is 26.9. The molecule has 40 heavy (non-hydrogen) atoms. The molecule has 2 fully saturated rings. The number of nitrogens with one attached hydrogen (secondary N) is 1. The molecule has 2 aromatic carbocycles. The zero-order valence-electron chi connectivity index (χ0n) is 22.3. The first-order valence-corrected chi connectivity index (χ1v) is 13.6. The molecule has 0 spiro atoms. The van der Waals surface area contributed by atoms with Crippen molar-refractivity contribution in [3.05, 3.63) is 58.9 Å². The number of benzene rings is 2. The van der Waals surface area contributed by atoms with Crippen molar-refractivity contribution in [1.82, 2.24) is 10.2 Å². The van der Waals surface area contributed by atoms with Gasteiger partial charge in [0.1, 0.15) is 24.1 Å². The monoisotopic (exact) mass is 558 g/mol. The Balaban J connectivity index is 1.54. The van der Waals surface area contributed by atoms with Crippen LogP contribution in [0.15, 0.2) is 36.4 Å². The lowest BCUT2D eigenvalue weighted by atomic mass is 9.70. The molecule has 1 saturated carbocycles. The van der Waals surface area contributed by atoms with Crippen LogP contribution >= 0.6 is 0 Å². The number of carbonyl (C=O) groups is 2. The quantitative estimate of drug-likeness (QED) is 0.361. The summed E-state index contributed by atoms with van der Waals surface area (Å²) in [6, 6.07) is 8.34. The SMILES string of the molecule is COc1cc(CO)cc2c1O[C@@H]1[C@@H](O)[C@H](N(Cc3ccc(F)cc3)C(=O)C3CCCO3)CC(C(=O)NCCO)[C@H]21. The molecule has 10 nitrogen and oxygen atoms in total. The molecule has 3 aliphatic rings. The van der Waals surface area contributed by atoms with Gasteiger partial charge in [0, 0.05) is 31.2 Å². The van der Waals surface area contributed by atoms with Gasteiger partial charge in [-0.2, -0.15) is 0 Å². The Morgan fingerprint density at radius 2 is 1.95 bits per heavy atom. The molecule has 2 heterocycles. The number of rotatable bonds is 9. The van der Waals surface area contributed by atoms with Crippen LogP contribution in [0.2, 0.25) is 0 Å². The molecule has 216 valence electrons. The Kier molecular flexibility index (Phi) is 8.55. The van der Waals surface area contributed by atoms with Crippen molar-refractivity contribution in [1.29, 1.82) is 0 Å². The minimum Gasteiger partial charge on any atom is -0.493 e. The van der Waals surface area contributed by atoms with Gasteiger partial charge in [-0.1, -0.05) is 12.1 Å². The zero-order valence-corrected chi connectivity index (χ0v) is 22.3. The lowest BCUT2D eigenvalue weighted by Crippen LogP contribution is -2.60. The van der Waals surface area contributed by atoms with Crippen LogP contribution < -0.4 is 14.8 Å². The van der Waals surface area contributed by atoms with Crippen LogP contribution in [-0.2, 0) is 27.5 Å². The highest BCUT2D eigenvalue weighted by Crippen LogP contribution is 2.53. The van der Waals surface area contributed by atoms with Gasteiger partial charge in [0.15, 0.2) is 11.5 Å². The number of methoxy groups -OCH3 is 1.